The molecule has 0 atom stereocenters. The van der Waals surface area contributed by atoms with Crippen LogP contribution in [0.25, 0.3) is 22.4 Å². The summed E-state index contributed by atoms with van der Waals surface area (Å²) in [6, 6.07) is 24.6. The van der Waals surface area contributed by atoms with E-state index in [1.165, 1.54) is 0 Å². The Labute approximate surface area is 172 Å². The first-order chi connectivity index (χ1) is 14.1. The second-order valence-corrected chi connectivity index (χ2v) is 7.30. The van der Waals surface area contributed by atoms with Crippen LogP contribution in [0.2, 0.25) is 5.02 Å². The van der Waals surface area contributed by atoms with Crippen LogP contribution in [0, 0.1) is 10.1 Å². The quantitative estimate of drug-likeness (QED) is 0.277. The zero-order valence-corrected chi connectivity index (χ0v) is 16.1. The number of hydrogen-bond donors (Lipinski definition) is 1. The summed E-state index contributed by atoms with van der Waals surface area (Å²) in [5.74, 6) is 0.705. The lowest BCUT2D eigenvalue weighted by Crippen LogP contribution is -2.13. The maximum absolute atomic E-state index is 12.3. The van der Waals surface area contributed by atoms with Crippen molar-refractivity contribution >= 4 is 28.8 Å². The molecule has 0 radical (unpaired) electrons. The van der Waals surface area contributed by atoms with Crippen molar-refractivity contribution in [3.05, 3.63) is 99.6 Å². The Bertz CT molecular complexity index is 1250. The third kappa shape index (κ3) is 2.79. The Balaban J connectivity index is 1.88. The molecule has 1 N–H and O–H groups in total. The molecule has 0 fully saturated rings. The van der Waals surface area contributed by atoms with Gasteiger partial charge in [-0.15, -0.1) is 0 Å². The highest BCUT2D eigenvalue weighted by Crippen LogP contribution is 2.50. The molecule has 1 aromatic heterocycles. The van der Waals surface area contributed by atoms with Gasteiger partial charge in [0.05, 0.1) is 16.5 Å². The van der Waals surface area contributed by atoms with Crippen molar-refractivity contribution in [1.82, 2.24) is 4.57 Å². The van der Waals surface area contributed by atoms with Crippen LogP contribution in [0.3, 0.4) is 0 Å². The number of fused-ring (bicyclic) bond motifs is 2. The molecule has 0 saturated carbocycles. The van der Waals surface area contributed by atoms with Crippen molar-refractivity contribution < 1.29 is 4.92 Å². The highest BCUT2D eigenvalue weighted by atomic mass is 35.5. The van der Waals surface area contributed by atoms with E-state index in [-0.39, 0.29) is 10.6 Å². The van der Waals surface area contributed by atoms with Crippen LogP contribution in [-0.4, -0.2) is 9.49 Å². The lowest BCUT2D eigenvalue weighted by molar-refractivity contribution is -0.383. The monoisotopic (exact) mass is 401 g/mol. The lowest BCUT2D eigenvalue weighted by atomic mass is 10.0. The molecule has 1 aliphatic heterocycles. The topological polar surface area (TPSA) is 60.1 Å². The molecule has 3 aromatic carbocycles. The number of hydrogen-bond acceptors (Lipinski definition) is 3. The van der Waals surface area contributed by atoms with Gasteiger partial charge in [-0.3, -0.25) is 10.1 Å². The first kappa shape index (κ1) is 17.5. The molecule has 29 heavy (non-hydrogen) atoms. The lowest BCUT2D eigenvalue weighted by Gasteiger charge is -2.23. The van der Waals surface area contributed by atoms with Gasteiger partial charge in [0, 0.05) is 11.3 Å². The first-order valence-corrected chi connectivity index (χ1v) is 9.59. The van der Waals surface area contributed by atoms with E-state index in [1.54, 1.807) is 6.07 Å². The molecule has 0 aliphatic carbocycles. The Kier molecular flexibility index (Phi) is 4.11. The summed E-state index contributed by atoms with van der Waals surface area (Å²) in [4.78, 5) is 12.0. The standard InChI is InChI=1S/C23H16ClN3O2/c24-18-12-6-5-11-17(18)21-22(27(28)29)20(15-8-2-1-3-9-15)23-25-19-13-7-4-10-16(19)14-26(21)23/h1-13,25H,14H2. The number of nitrogens with one attached hydrogen (secondary N) is 1. The molecular weight excluding hydrogens is 386 g/mol. The number of halogens is 1. The number of nitrogens with zero attached hydrogens (tertiary/aromatic N) is 2. The smallest absolute Gasteiger partial charge is 0.305 e. The van der Waals surface area contributed by atoms with E-state index < -0.39 is 0 Å². The van der Waals surface area contributed by atoms with E-state index >= 15 is 0 Å². The minimum Gasteiger partial charge on any atom is -0.341 e. The molecule has 0 saturated heterocycles. The van der Waals surface area contributed by atoms with Crippen molar-refractivity contribution in [2.24, 2.45) is 0 Å². The van der Waals surface area contributed by atoms with Gasteiger partial charge < -0.3 is 9.88 Å². The fraction of sp³-hybridized carbons (Fsp3) is 0.0435. The van der Waals surface area contributed by atoms with Crippen molar-refractivity contribution in [1.29, 1.82) is 0 Å². The number of para-hydroxylation sites is 1. The zero-order valence-electron chi connectivity index (χ0n) is 15.3. The van der Waals surface area contributed by atoms with Crippen LogP contribution >= 0.6 is 11.6 Å². The van der Waals surface area contributed by atoms with Gasteiger partial charge in [-0.1, -0.05) is 78.3 Å². The highest BCUT2D eigenvalue weighted by molar-refractivity contribution is 6.33. The van der Waals surface area contributed by atoms with Crippen molar-refractivity contribution in [3.8, 4) is 22.4 Å². The van der Waals surface area contributed by atoms with Crippen LogP contribution in [0.5, 0.6) is 0 Å². The van der Waals surface area contributed by atoms with Gasteiger partial charge in [-0.05, 0) is 23.3 Å². The van der Waals surface area contributed by atoms with Crippen molar-refractivity contribution in [2.45, 2.75) is 6.54 Å². The molecule has 0 unspecified atom stereocenters. The Hall–Kier alpha value is -3.57. The average molecular weight is 402 g/mol. The van der Waals surface area contributed by atoms with Gasteiger partial charge >= 0.3 is 5.69 Å². The van der Waals surface area contributed by atoms with E-state index in [2.05, 4.69) is 5.32 Å². The highest BCUT2D eigenvalue weighted by Gasteiger charge is 2.35. The maximum atomic E-state index is 12.3. The van der Waals surface area contributed by atoms with Gasteiger partial charge in [0.2, 0.25) is 0 Å². The molecule has 0 amide bonds. The molecule has 0 spiro atoms. The number of aromatic nitrogens is 1. The van der Waals surface area contributed by atoms with E-state index in [4.69, 9.17) is 11.6 Å². The second-order valence-electron chi connectivity index (χ2n) is 6.89. The number of nitro groups is 1. The van der Waals surface area contributed by atoms with Crippen LogP contribution in [0.15, 0.2) is 78.9 Å². The van der Waals surface area contributed by atoms with Crippen molar-refractivity contribution in [2.75, 3.05) is 5.32 Å². The molecule has 1 aliphatic rings. The summed E-state index contributed by atoms with van der Waals surface area (Å²) >= 11 is 6.48. The summed E-state index contributed by atoms with van der Waals surface area (Å²) in [5.41, 5.74) is 4.59. The van der Waals surface area contributed by atoms with E-state index in [1.807, 2.05) is 77.4 Å². The summed E-state index contributed by atoms with van der Waals surface area (Å²) in [6.45, 7) is 0.521. The minimum atomic E-state index is -0.307. The van der Waals surface area contributed by atoms with E-state index in [0.29, 0.717) is 34.2 Å². The van der Waals surface area contributed by atoms with E-state index in [9.17, 15) is 10.1 Å². The summed E-state index contributed by atoms with van der Waals surface area (Å²) < 4.78 is 1.96. The first-order valence-electron chi connectivity index (χ1n) is 9.21. The largest absolute Gasteiger partial charge is 0.341 e. The number of benzene rings is 3. The fourth-order valence-corrected chi connectivity index (χ4v) is 4.18. The molecule has 6 heteroatoms. The molecule has 5 nitrogen and oxygen atoms in total. The second kappa shape index (κ2) is 6.79. The van der Waals surface area contributed by atoms with Crippen LogP contribution in [-0.2, 0) is 6.54 Å². The predicted octanol–water partition coefficient (Wildman–Crippen LogP) is 6.49. The zero-order chi connectivity index (χ0) is 20.0. The third-order valence-electron chi connectivity index (χ3n) is 5.21. The molecule has 142 valence electrons. The Morgan fingerprint density at radius 2 is 1.62 bits per heavy atom. The van der Waals surface area contributed by atoms with Crippen LogP contribution in [0.1, 0.15) is 5.56 Å². The molecule has 0 bridgehead atoms. The molecule has 5 rings (SSSR count). The van der Waals surface area contributed by atoms with Gasteiger partial charge in [-0.25, -0.2) is 0 Å². The molecular formula is C23H16ClN3O2. The van der Waals surface area contributed by atoms with Gasteiger partial charge in [0.1, 0.15) is 17.1 Å². The minimum absolute atomic E-state index is 0.0552. The maximum Gasteiger partial charge on any atom is 0.305 e. The Morgan fingerprint density at radius 1 is 0.931 bits per heavy atom. The van der Waals surface area contributed by atoms with Gasteiger partial charge in [-0.2, -0.15) is 0 Å². The van der Waals surface area contributed by atoms with Gasteiger partial charge in [0.15, 0.2) is 0 Å². The number of rotatable bonds is 3. The van der Waals surface area contributed by atoms with Crippen molar-refractivity contribution in [3.63, 3.8) is 0 Å². The van der Waals surface area contributed by atoms with Gasteiger partial charge in [0.25, 0.3) is 0 Å². The normalized spacial score (nSPS) is 12.0. The third-order valence-corrected chi connectivity index (χ3v) is 5.54. The Morgan fingerprint density at radius 3 is 2.38 bits per heavy atom. The fourth-order valence-electron chi connectivity index (χ4n) is 3.95. The van der Waals surface area contributed by atoms with Crippen LogP contribution in [0.4, 0.5) is 17.2 Å². The summed E-state index contributed by atoms with van der Waals surface area (Å²) in [6.07, 6.45) is 0. The summed E-state index contributed by atoms with van der Waals surface area (Å²) in [7, 11) is 0. The molecule has 4 aromatic rings. The predicted molar refractivity (Wildman–Crippen MR) is 116 cm³/mol. The summed E-state index contributed by atoms with van der Waals surface area (Å²) in [5, 5.41) is 16.2. The van der Waals surface area contributed by atoms with E-state index in [0.717, 1.165) is 16.8 Å². The average Bonchev–Trinajstić information content (AvgIpc) is 3.07. The van der Waals surface area contributed by atoms with Crippen LogP contribution < -0.4 is 5.32 Å². The number of anilines is 2. The SMILES string of the molecule is O=[N+]([O-])c1c(-c2ccccc2)c2n(c1-c1ccccc1Cl)Cc1ccccc1N2. The molecule has 2 heterocycles.